The molecule has 130 valence electrons. The molecule has 1 saturated carbocycles. The van der Waals surface area contributed by atoms with Gasteiger partial charge in [-0.05, 0) is 12.1 Å². The third kappa shape index (κ3) is 19.4. The quantitative estimate of drug-likeness (QED) is 0.284. The van der Waals surface area contributed by atoms with E-state index in [4.69, 9.17) is 5.14 Å². The third-order valence-electron chi connectivity index (χ3n) is 2.42. The van der Waals surface area contributed by atoms with E-state index in [1.165, 1.54) is 0 Å². The average Bonchev–Trinajstić information content (AvgIpc) is 2.32. The summed E-state index contributed by atoms with van der Waals surface area (Å²) in [5.74, 6) is 0. The molecule has 1 aromatic rings. The first kappa shape index (κ1) is 38.7. The molecule has 0 saturated heterocycles. The van der Waals surface area contributed by atoms with Crippen molar-refractivity contribution in [3.63, 3.8) is 0 Å². The Hall–Kier alpha value is 1.33. The van der Waals surface area contributed by atoms with Gasteiger partial charge in [0.05, 0.1) is 5.25 Å². The standard InChI is InChI=1S/C6H12NO2S.C5H5N.5ClH.Sb/c7-10(8,9)6-4-2-1-3-5-6;1-2-4-6-5-3-1;;;;;;/h1,6H,2-5H2,(H2,7,8,9);1-5H;5*1H;/q-1;;;;;;;+5/p-5. The van der Waals surface area contributed by atoms with Crippen LogP contribution in [-0.2, 0) is 10.0 Å². The van der Waals surface area contributed by atoms with Gasteiger partial charge in [-0.1, -0.05) is 18.9 Å². The first-order valence-electron chi connectivity index (χ1n) is 5.29. The number of hydrogen-bond acceptors (Lipinski definition) is 3. The van der Waals surface area contributed by atoms with Crippen LogP contribution in [-0.4, -0.2) is 43.1 Å². The van der Waals surface area contributed by atoms with E-state index in [1.54, 1.807) is 12.4 Å². The second kappa shape index (κ2) is 22.3. The largest absolute Gasteiger partial charge is 5.00 e. The minimum Gasteiger partial charge on any atom is -1.00 e. The van der Waals surface area contributed by atoms with Gasteiger partial charge in [-0.15, -0.1) is 0 Å². The maximum absolute atomic E-state index is 10.8. The summed E-state index contributed by atoms with van der Waals surface area (Å²) in [5.41, 5.74) is 0. The van der Waals surface area contributed by atoms with Crippen LogP contribution in [0.1, 0.15) is 25.7 Å². The van der Waals surface area contributed by atoms with Crippen molar-refractivity contribution in [1.82, 2.24) is 4.98 Å². The Bertz CT molecular complexity index is 368. The number of rotatable bonds is 1. The van der Waals surface area contributed by atoms with Gasteiger partial charge >= 0.3 is 24.4 Å². The number of hydrogen-bond donors (Lipinski definition) is 1. The zero-order valence-electron chi connectivity index (χ0n) is 11.5. The predicted octanol–water partition coefficient (Wildman–Crippen LogP) is -13.9. The second-order valence-corrected chi connectivity index (χ2v) is 5.52. The summed E-state index contributed by atoms with van der Waals surface area (Å²) >= 11 is 0. The number of pyridine rings is 1. The molecule has 1 aromatic heterocycles. The monoisotopic (exact) mass is 537 g/mol. The number of aromatic nitrogens is 1. The molecule has 2 rings (SSSR count). The molecule has 0 bridgehead atoms. The van der Waals surface area contributed by atoms with Gasteiger partial charge in [-0.25, -0.2) is 13.6 Å². The fourth-order valence-electron chi connectivity index (χ4n) is 1.54. The van der Waals surface area contributed by atoms with Gasteiger partial charge < -0.3 is 68.5 Å². The van der Waals surface area contributed by atoms with E-state index < -0.39 is 10.0 Å². The second-order valence-electron chi connectivity index (χ2n) is 3.68. The molecule has 0 radical (unpaired) electrons. The summed E-state index contributed by atoms with van der Waals surface area (Å²) < 4.78 is 21.5. The summed E-state index contributed by atoms with van der Waals surface area (Å²) in [5, 5.41) is 4.69. The Morgan fingerprint density at radius 2 is 1.32 bits per heavy atom. The molecule has 0 aliphatic heterocycles. The Labute approximate surface area is 181 Å². The van der Waals surface area contributed by atoms with Crippen LogP contribution in [0.3, 0.4) is 0 Å². The Morgan fingerprint density at radius 3 is 1.50 bits per heavy atom. The van der Waals surface area contributed by atoms with Crippen molar-refractivity contribution in [2.75, 3.05) is 0 Å². The smallest absolute Gasteiger partial charge is 1.00 e. The zero-order valence-corrected chi connectivity index (χ0v) is 18.6. The van der Waals surface area contributed by atoms with E-state index in [2.05, 4.69) is 11.4 Å². The molecule has 22 heavy (non-hydrogen) atoms. The number of nitrogens with zero attached hydrogens (tertiary/aromatic N) is 1. The summed E-state index contributed by atoms with van der Waals surface area (Å²) in [7, 11) is -3.25. The van der Waals surface area contributed by atoms with E-state index in [0.717, 1.165) is 12.8 Å². The van der Waals surface area contributed by atoms with Gasteiger partial charge in [0, 0.05) is 12.4 Å². The van der Waals surface area contributed by atoms with Gasteiger partial charge in [0.25, 0.3) is 0 Å². The normalized spacial score (nSPS) is 12.6. The first-order valence-corrected chi connectivity index (χ1v) is 6.90. The molecule has 1 heterocycles. The van der Waals surface area contributed by atoms with Gasteiger partial charge in [0.1, 0.15) is 0 Å². The van der Waals surface area contributed by atoms with Gasteiger partial charge in [0.2, 0.25) is 10.0 Å². The van der Waals surface area contributed by atoms with Crippen molar-refractivity contribution in [2.24, 2.45) is 5.14 Å². The number of nitrogens with two attached hydrogens (primary N) is 1. The molecule has 0 unspecified atom stereocenters. The molecule has 0 spiro atoms. The Balaban J connectivity index is -0.0000000483. The van der Waals surface area contributed by atoms with Crippen molar-refractivity contribution < 1.29 is 70.5 Å². The molecular weight excluding hydrogens is 523 g/mol. The fourth-order valence-corrected chi connectivity index (χ4v) is 2.47. The van der Waals surface area contributed by atoms with Gasteiger partial charge in [0.15, 0.2) is 0 Å². The van der Waals surface area contributed by atoms with Crippen molar-refractivity contribution in [1.29, 1.82) is 0 Å². The van der Waals surface area contributed by atoms with Gasteiger partial charge in [-0.3, -0.25) is 4.98 Å². The van der Waals surface area contributed by atoms with Crippen molar-refractivity contribution in [3.8, 4) is 0 Å². The molecule has 0 atom stereocenters. The fraction of sp³-hybridized carbons (Fsp3) is 0.455. The molecule has 0 amide bonds. The van der Waals surface area contributed by atoms with Crippen LogP contribution in [0.5, 0.6) is 0 Å². The van der Waals surface area contributed by atoms with E-state index in [1.807, 2.05) is 18.2 Å². The third-order valence-corrected chi connectivity index (χ3v) is 3.82. The van der Waals surface area contributed by atoms with Crippen LogP contribution >= 0.6 is 0 Å². The van der Waals surface area contributed by atoms with Crippen LogP contribution in [0.25, 0.3) is 0 Å². The maximum atomic E-state index is 10.8. The van der Waals surface area contributed by atoms with E-state index in [9.17, 15) is 8.42 Å². The summed E-state index contributed by atoms with van der Waals surface area (Å²) in [4.78, 5) is 3.78. The van der Waals surface area contributed by atoms with Gasteiger partial charge in [-0.2, -0.15) is 12.8 Å². The maximum Gasteiger partial charge on any atom is 5.00 e. The van der Waals surface area contributed by atoms with Crippen molar-refractivity contribution in [3.05, 3.63) is 37.0 Å². The predicted molar refractivity (Wildman–Crippen MR) is 69.7 cm³/mol. The zero-order chi connectivity index (χ0) is 11.9. The van der Waals surface area contributed by atoms with Crippen LogP contribution in [0.2, 0.25) is 0 Å². The minimum absolute atomic E-state index is 0. The van der Waals surface area contributed by atoms with Crippen molar-refractivity contribution >= 4 is 34.5 Å². The minimum atomic E-state index is -3.25. The summed E-state index contributed by atoms with van der Waals surface area (Å²) in [6, 6.07) is 5.72. The average molecular weight is 540 g/mol. The Kier molecular flexibility index (Phi) is 39.3. The molecular formula is C11H17Cl5N2O2SSb-. The molecule has 1 fully saturated rings. The van der Waals surface area contributed by atoms with Crippen LogP contribution < -0.4 is 67.2 Å². The number of primary sulfonamides is 1. The van der Waals surface area contributed by atoms with Crippen LogP contribution in [0.15, 0.2) is 30.6 Å². The number of halogens is 5. The summed E-state index contributed by atoms with van der Waals surface area (Å²) in [6.07, 6.45) is 8.81. The van der Waals surface area contributed by atoms with E-state index in [0.29, 0.717) is 12.8 Å². The molecule has 0 aromatic carbocycles. The van der Waals surface area contributed by atoms with Crippen molar-refractivity contribution in [2.45, 2.75) is 30.9 Å². The molecule has 1 aliphatic carbocycles. The van der Waals surface area contributed by atoms with Crippen LogP contribution in [0.4, 0.5) is 0 Å². The van der Waals surface area contributed by atoms with E-state index in [-0.39, 0.29) is 91.7 Å². The first-order chi connectivity index (χ1) is 7.61. The Morgan fingerprint density at radius 1 is 0.909 bits per heavy atom. The van der Waals surface area contributed by atoms with E-state index >= 15 is 0 Å². The molecule has 1 aliphatic rings. The SMILES string of the molecule is NS(=O)(=O)C1CC[CH-]CC1.[Cl-].[Cl-].[Cl-].[Cl-].[Cl-].[Sb+5].c1ccncc1. The molecule has 11 heteroatoms. The van der Waals surface area contributed by atoms with Crippen LogP contribution in [0, 0.1) is 6.42 Å². The number of sulfonamides is 1. The molecule has 4 nitrogen and oxygen atoms in total. The summed E-state index contributed by atoms with van der Waals surface area (Å²) in [6.45, 7) is 0. The topological polar surface area (TPSA) is 73.1 Å². The molecule has 2 N–H and O–H groups in total.